The largest absolute Gasteiger partial charge is 0.293 e. The lowest BCUT2D eigenvalue weighted by Gasteiger charge is -2.11. The molecule has 5 nitrogen and oxygen atoms in total. The smallest absolute Gasteiger partial charge is 0.248 e. The first-order valence-corrected chi connectivity index (χ1v) is 5.77. The lowest BCUT2D eigenvalue weighted by atomic mass is 10.2. The molecule has 0 fully saturated rings. The van der Waals surface area contributed by atoms with Crippen LogP contribution in [0.25, 0.3) is 0 Å². The van der Waals surface area contributed by atoms with Gasteiger partial charge in [-0.1, -0.05) is 34.0 Å². The summed E-state index contributed by atoms with van der Waals surface area (Å²) in [7, 11) is 0. The molecule has 0 aliphatic heterocycles. The standard InChI is InChI=1S/C7H9NO4S2/c9-13(10)8(14(11)12)6-7-4-2-1-3-5-7/h1-5H,6H2,(H,9,10)(H,11,12). The van der Waals surface area contributed by atoms with Crippen LogP contribution in [0.1, 0.15) is 5.56 Å². The van der Waals surface area contributed by atoms with Crippen molar-refractivity contribution in [2.45, 2.75) is 6.54 Å². The molecule has 2 atom stereocenters. The summed E-state index contributed by atoms with van der Waals surface area (Å²) in [5.41, 5.74) is 0.692. The van der Waals surface area contributed by atoms with E-state index in [1.54, 1.807) is 30.3 Å². The van der Waals surface area contributed by atoms with E-state index in [-0.39, 0.29) is 6.54 Å². The normalized spacial score (nSPS) is 15.4. The van der Waals surface area contributed by atoms with E-state index < -0.39 is 22.5 Å². The topological polar surface area (TPSA) is 77.8 Å². The quantitative estimate of drug-likeness (QED) is 0.755. The van der Waals surface area contributed by atoms with Crippen molar-refractivity contribution in [2.75, 3.05) is 0 Å². The van der Waals surface area contributed by atoms with Crippen LogP contribution in [-0.4, -0.2) is 21.2 Å². The molecule has 2 N–H and O–H groups in total. The van der Waals surface area contributed by atoms with Gasteiger partial charge < -0.3 is 0 Å². The lowest BCUT2D eigenvalue weighted by molar-refractivity contribution is 0.461. The Bertz CT molecular complexity index is 329. The summed E-state index contributed by atoms with van der Waals surface area (Å²) in [6, 6.07) is 8.68. The molecule has 0 spiro atoms. The molecule has 0 saturated carbocycles. The molecule has 1 rings (SSSR count). The van der Waals surface area contributed by atoms with Crippen LogP contribution in [0, 0.1) is 0 Å². The second kappa shape index (κ2) is 5.32. The molecule has 2 unspecified atom stereocenters. The van der Waals surface area contributed by atoms with Crippen molar-refractivity contribution in [3.63, 3.8) is 0 Å². The van der Waals surface area contributed by atoms with Crippen molar-refractivity contribution in [1.29, 1.82) is 0 Å². The summed E-state index contributed by atoms with van der Waals surface area (Å²) < 4.78 is 39.2. The first-order chi connectivity index (χ1) is 6.61. The Morgan fingerprint density at radius 3 is 2.00 bits per heavy atom. The minimum Gasteiger partial charge on any atom is -0.293 e. The number of benzene rings is 1. The molecule has 0 radical (unpaired) electrons. The van der Waals surface area contributed by atoms with E-state index in [9.17, 15) is 8.42 Å². The fraction of sp³-hybridized carbons (Fsp3) is 0.143. The van der Waals surface area contributed by atoms with Crippen LogP contribution in [0.3, 0.4) is 0 Å². The van der Waals surface area contributed by atoms with Gasteiger partial charge in [-0.3, -0.25) is 9.11 Å². The zero-order valence-corrected chi connectivity index (χ0v) is 8.70. The van der Waals surface area contributed by atoms with E-state index in [2.05, 4.69) is 0 Å². The van der Waals surface area contributed by atoms with E-state index in [0.717, 1.165) is 0 Å². The first-order valence-electron chi connectivity index (χ1n) is 3.64. The van der Waals surface area contributed by atoms with Crippen molar-refractivity contribution >= 4 is 22.5 Å². The van der Waals surface area contributed by atoms with Crippen molar-refractivity contribution in [2.24, 2.45) is 0 Å². The summed E-state index contributed by atoms with van der Waals surface area (Å²) in [5, 5.41) is 0. The molecule has 0 bridgehead atoms. The average Bonchev–Trinajstić information content (AvgIpc) is 2.15. The van der Waals surface area contributed by atoms with E-state index in [0.29, 0.717) is 9.27 Å². The minimum atomic E-state index is -2.45. The van der Waals surface area contributed by atoms with Gasteiger partial charge in [0.25, 0.3) is 0 Å². The Morgan fingerprint density at radius 2 is 1.57 bits per heavy atom. The fourth-order valence-electron chi connectivity index (χ4n) is 0.897. The average molecular weight is 235 g/mol. The SMILES string of the molecule is O=S(O)N(Cc1ccccc1)S(=O)O. The summed E-state index contributed by atoms with van der Waals surface area (Å²) in [4.78, 5) is 0. The van der Waals surface area contributed by atoms with Gasteiger partial charge in [-0.25, -0.2) is 8.42 Å². The molecule has 0 amide bonds. The zero-order valence-electron chi connectivity index (χ0n) is 7.07. The molecule has 1 aromatic carbocycles. The highest BCUT2D eigenvalue weighted by atomic mass is 32.3. The van der Waals surface area contributed by atoms with Gasteiger partial charge in [0.15, 0.2) is 0 Å². The maximum absolute atomic E-state index is 10.6. The Kier molecular flexibility index (Phi) is 4.36. The Balaban J connectivity index is 2.75. The molecule has 0 aromatic heterocycles. The van der Waals surface area contributed by atoms with Crippen molar-refractivity contribution in [3.8, 4) is 0 Å². The van der Waals surface area contributed by atoms with Crippen LogP contribution in [0.4, 0.5) is 0 Å². The molecule has 0 aliphatic rings. The maximum Gasteiger partial charge on any atom is 0.248 e. The second-order valence-electron chi connectivity index (χ2n) is 2.44. The maximum atomic E-state index is 10.6. The third-order valence-corrected chi connectivity index (χ3v) is 3.22. The van der Waals surface area contributed by atoms with Gasteiger partial charge in [0, 0.05) is 0 Å². The molecule has 0 saturated heterocycles. The Morgan fingerprint density at radius 1 is 1.07 bits per heavy atom. The predicted molar refractivity (Wildman–Crippen MR) is 53.5 cm³/mol. The second-order valence-corrected chi connectivity index (χ2v) is 4.47. The van der Waals surface area contributed by atoms with Crippen LogP contribution in [0.15, 0.2) is 30.3 Å². The summed E-state index contributed by atoms with van der Waals surface area (Å²) >= 11 is -4.90. The van der Waals surface area contributed by atoms with E-state index in [4.69, 9.17) is 9.11 Å². The molecule has 14 heavy (non-hydrogen) atoms. The van der Waals surface area contributed by atoms with Gasteiger partial charge in [-0.05, 0) is 5.56 Å². The van der Waals surface area contributed by atoms with Gasteiger partial charge in [0.2, 0.25) is 22.5 Å². The summed E-state index contributed by atoms with van der Waals surface area (Å²) in [6.45, 7) is -0.0485. The predicted octanol–water partition coefficient (Wildman–Crippen LogP) is 0.762. The summed E-state index contributed by atoms with van der Waals surface area (Å²) in [5.74, 6) is 0. The molecule has 78 valence electrons. The Labute approximate surface area is 86.6 Å². The molecule has 0 heterocycles. The number of hydrogen-bond donors (Lipinski definition) is 2. The van der Waals surface area contributed by atoms with E-state index in [1.807, 2.05) is 0 Å². The van der Waals surface area contributed by atoms with Gasteiger partial charge >= 0.3 is 0 Å². The van der Waals surface area contributed by atoms with Crippen LogP contribution in [0.5, 0.6) is 0 Å². The van der Waals surface area contributed by atoms with E-state index >= 15 is 0 Å². The van der Waals surface area contributed by atoms with Gasteiger partial charge in [-0.2, -0.15) is 0 Å². The molecular weight excluding hydrogens is 226 g/mol. The van der Waals surface area contributed by atoms with Gasteiger partial charge in [-0.15, -0.1) is 0 Å². The highest BCUT2D eigenvalue weighted by Crippen LogP contribution is 2.06. The zero-order chi connectivity index (χ0) is 10.6. The van der Waals surface area contributed by atoms with Gasteiger partial charge in [0.1, 0.15) is 0 Å². The van der Waals surface area contributed by atoms with Gasteiger partial charge in [0.05, 0.1) is 6.54 Å². The van der Waals surface area contributed by atoms with Crippen molar-refractivity contribution < 1.29 is 17.5 Å². The van der Waals surface area contributed by atoms with Crippen molar-refractivity contribution in [1.82, 2.24) is 3.71 Å². The third kappa shape index (κ3) is 3.28. The summed E-state index contributed by atoms with van der Waals surface area (Å²) in [6.07, 6.45) is 0. The Hall–Kier alpha value is -0.600. The number of rotatable bonds is 4. The molecule has 7 heteroatoms. The van der Waals surface area contributed by atoms with E-state index in [1.165, 1.54) is 0 Å². The highest BCUT2D eigenvalue weighted by molar-refractivity contribution is 7.92. The van der Waals surface area contributed by atoms with Crippen LogP contribution in [0.2, 0.25) is 0 Å². The van der Waals surface area contributed by atoms with Crippen LogP contribution in [-0.2, 0) is 29.1 Å². The molecule has 1 aromatic rings. The number of hydrogen-bond acceptors (Lipinski definition) is 2. The van der Waals surface area contributed by atoms with Crippen molar-refractivity contribution in [3.05, 3.63) is 35.9 Å². The number of nitrogens with zero attached hydrogens (tertiary/aromatic N) is 1. The highest BCUT2D eigenvalue weighted by Gasteiger charge is 2.17. The lowest BCUT2D eigenvalue weighted by Crippen LogP contribution is -2.26. The molecular formula is C7H9NO4S2. The van der Waals surface area contributed by atoms with Crippen LogP contribution >= 0.6 is 0 Å². The molecule has 0 aliphatic carbocycles. The first kappa shape index (κ1) is 11.5. The fourth-order valence-corrected chi connectivity index (χ4v) is 1.85. The van der Waals surface area contributed by atoms with Crippen LogP contribution < -0.4 is 0 Å². The third-order valence-electron chi connectivity index (χ3n) is 1.50. The minimum absolute atomic E-state index is 0.0485. The monoisotopic (exact) mass is 235 g/mol.